The highest BCUT2D eigenvalue weighted by Gasteiger charge is 2.33. The molecule has 5 rings (SSSR count). The van der Waals surface area contributed by atoms with Gasteiger partial charge in [-0.05, 0) is 42.5 Å². The van der Waals surface area contributed by atoms with Crippen LogP contribution in [0.4, 0.5) is 5.13 Å². The Morgan fingerprint density at radius 1 is 0.944 bits per heavy atom. The van der Waals surface area contributed by atoms with Crippen LogP contribution < -0.4 is 5.32 Å². The van der Waals surface area contributed by atoms with Gasteiger partial charge in [0.25, 0.3) is 0 Å². The molecule has 1 fully saturated rings. The lowest BCUT2D eigenvalue weighted by molar-refractivity contribution is -0.120. The van der Waals surface area contributed by atoms with E-state index in [9.17, 15) is 13.2 Å². The lowest BCUT2D eigenvalue weighted by Gasteiger charge is -2.31. The molecule has 1 N–H and O–H groups in total. The summed E-state index contributed by atoms with van der Waals surface area (Å²) in [6, 6.07) is 27.0. The Morgan fingerprint density at radius 2 is 1.61 bits per heavy atom. The molecule has 1 aliphatic rings. The van der Waals surface area contributed by atoms with E-state index in [2.05, 4.69) is 34.6 Å². The second kappa shape index (κ2) is 10.7. The number of nitrogens with one attached hydrogen (secondary N) is 1. The quantitative estimate of drug-likeness (QED) is 0.354. The molecule has 6 nitrogen and oxygen atoms in total. The molecule has 1 amide bonds. The molecule has 184 valence electrons. The smallest absolute Gasteiger partial charge is 0.243 e. The van der Waals surface area contributed by atoms with E-state index in [0.717, 1.165) is 17.7 Å². The first-order valence-corrected chi connectivity index (χ1v) is 14.3. The molecule has 1 atom stereocenters. The zero-order chi connectivity index (χ0) is 25.0. The Labute approximate surface area is 215 Å². The summed E-state index contributed by atoms with van der Waals surface area (Å²) in [4.78, 5) is 17.8. The number of piperidine rings is 1. The van der Waals surface area contributed by atoms with E-state index in [4.69, 9.17) is 0 Å². The first-order chi connectivity index (χ1) is 17.5. The van der Waals surface area contributed by atoms with Crippen molar-refractivity contribution in [3.05, 3.63) is 101 Å². The van der Waals surface area contributed by atoms with Crippen LogP contribution in [0.2, 0.25) is 0 Å². The molecule has 0 spiro atoms. The second-order valence-corrected chi connectivity index (χ2v) is 11.7. The van der Waals surface area contributed by atoms with Crippen LogP contribution in [-0.2, 0) is 21.2 Å². The molecule has 0 bridgehead atoms. The van der Waals surface area contributed by atoms with Gasteiger partial charge in [-0.25, -0.2) is 13.4 Å². The van der Waals surface area contributed by atoms with E-state index in [0.29, 0.717) is 24.5 Å². The first kappa shape index (κ1) is 24.4. The number of benzene rings is 3. The van der Waals surface area contributed by atoms with Crippen molar-refractivity contribution in [1.82, 2.24) is 9.29 Å². The van der Waals surface area contributed by atoms with Gasteiger partial charge in [-0.15, -0.1) is 11.3 Å². The minimum atomic E-state index is -3.62. The molecule has 0 saturated carbocycles. The fourth-order valence-corrected chi connectivity index (χ4v) is 6.68. The van der Waals surface area contributed by atoms with Crippen LogP contribution in [0, 0.1) is 5.92 Å². The van der Waals surface area contributed by atoms with Crippen LogP contribution in [0.25, 0.3) is 11.3 Å². The lowest BCUT2D eigenvalue weighted by atomic mass is 9.99. The summed E-state index contributed by atoms with van der Waals surface area (Å²) in [7, 11) is -3.62. The molecule has 0 aliphatic carbocycles. The van der Waals surface area contributed by atoms with E-state index in [1.807, 2.05) is 35.7 Å². The van der Waals surface area contributed by atoms with Gasteiger partial charge in [0.15, 0.2) is 5.13 Å². The Morgan fingerprint density at radius 3 is 2.33 bits per heavy atom. The Bertz CT molecular complexity index is 1420. The molecule has 4 aromatic rings. The highest BCUT2D eigenvalue weighted by molar-refractivity contribution is 7.89. The highest BCUT2D eigenvalue weighted by atomic mass is 32.2. The summed E-state index contributed by atoms with van der Waals surface area (Å²) in [5.74, 6) is -0.607. The van der Waals surface area contributed by atoms with Crippen molar-refractivity contribution < 1.29 is 13.2 Å². The van der Waals surface area contributed by atoms with E-state index < -0.39 is 15.9 Å². The Balaban J connectivity index is 1.21. The molecule has 8 heteroatoms. The van der Waals surface area contributed by atoms with Gasteiger partial charge in [0.2, 0.25) is 15.9 Å². The SMILES string of the molecule is O=C(Nc1nc(-c2ccc(Cc3ccccc3)cc2)cs1)C1CCCN(S(=O)(=O)c2ccccc2)C1. The number of rotatable bonds is 7. The van der Waals surface area contributed by atoms with Gasteiger partial charge in [0.05, 0.1) is 16.5 Å². The second-order valence-electron chi connectivity index (χ2n) is 8.90. The van der Waals surface area contributed by atoms with E-state index in [-0.39, 0.29) is 17.3 Å². The maximum Gasteiger partial charge on any atom is 0.243 e. The summed E-state index contributed by atoms with van der Waals surface area (Å²) >= 11 is 1.37. The van der Waals surface area contributed by atoms with Gasteiger partial charge < -0.3 is 5.32 Å². The standard InChI is InChI=1S/C28H27N3O3S2/c32-27(24-10-7-17-31(19-24)36(33,34)25-11-5-2-6-12-25)30-28-29-26(20-35-28)23-15-13-22(14-16-23)18-21-8-3-1-4-9-21/h1-6,8-9,11-16,20,24H,7,10,17-19H2,(H,29,30,32). The van der Waals surface area contributed by atoms with Gasteiger partial charge in [-0.1, -0.05) is 72.8 Å². The van der Waals surface area contributed by atoms with Gasteiger partial charge >= 0.3 is 0 Å². The average molecular weight is 518 g/mol. The van der Waals surface area contributed by atoms with E-state index in [1.165, 1.54) is 26.8 Å². The van der Waals surface area contributed by atoms with Crippen LogP contribution >= 0.6 is 11.3 Å². The number of sulfonamides is 1. The van der Waals surface area contributed by atoms with Crippen LogP contribution in [0.5, 0.6) is 0 Å². The topological polar surface area (TPSA) is 79.4 Å². The first-order valence-electron chi connectivity index (χ1n) is 11.9. The number of carbonyl (C=O) groups is 1. The largest absolute Gasteiger partial charge is 0.302 e. The predicted octanol–water partition coefficient (Wildman–Crippen LogP) is 5.44. The molecular weight excluding hydrogens is 490 g/mol. The van der Waals surface area contributed by atoms with Gasteiger partial charge in [-0.3, -0.25) is 4.79 Å². The van der Waals surface area contributed by atoms with Crippen molar-refractivity contribution in [2.45, 2.75) is 24.2 Å². The summed E-state index contributed by atoms with van der Waals surface area (Å²) in [6.07, 6.45) is 2.16. The van der Waals surface area contributed by atoms with Crippen LogP contribution in [-0.4, -0.2) is 36.7 Å². The Kier molecular flexibility index (Phi) is 7.27. The van der Waals surface area contributed by atoms with Gasteiger partial charge in [0, 0.05) is 24.0 Å². The Hall–Kier alpha value is -3.33. The lowest BCUT2D eigenvalue weighted by Crippen LogP contribution is -2.43. The molecule has 3 aromatic carbocycles. The molecule has 1 saturated heterocycles. The number of carbonyl (C=O) groups excluding carboxylic acids is 1. The normalized spacial score (nSPS) is 16.5. The molecule has 36 heavy (non-hydrogen) atoms. The monoisotopic (exact) mass is 517 g/mol. The molecule has 1 aliphatic heterocycles. The maximum absolute atomic E-state index is 13.0. The van der Waals surface area contributed by atoms with Crippen LogP contribution in [0.3, 0.4) is 0 Å². The fourth-order valence-electron chi connectivity index (χ4n) is 4.41. The number of nitrogens with zero attached hydrogens (tertiary/aromatic N) is 2. The minimum Gasteiger partial charge on any atom is -0.302 e. The molecular formula is C28H27N3O3S2. The predicted molar refractivity (Wildman–Crippen MR) is 143 cm³/mol. The molecule has 2 heterocycles. The number of thiazole rings is 1. The number of aromatic nitrogens is 1. The summed E-state index contributed by atoms with van der Waals surface area (Å²) in [6.45, 7) is 0.590. The third-order valence-electron chi connectivity index (χ3n) is 6.37. The van der Waals surface area contributed by atoms with Crippen molar-refractivity contribution in [3.63, 3.8) is 0 Å². The summed E-state index contributed by atoms with van der Waals surface area (Å²) in [5, 5.41) is 5.35. The molecule has 0 radical (unpaired) electrons. The zero-order valence-corrected chi connectivity index (χ0v) is 21.3. The number of hydrogen-bond acceptors (Lipinski definition) is 5. The summed E-state index contributed by atoms with van der Waals surface area (Å²) in [5.41, 5.74) is 4.28. The maximum atomic E-state index is 13.0. The van der Waals surface area contributed by atoms with Crippen molar-refractivity contribution >= 4 is 32.4 Å². The number of hydrogen-bond donors (Lipinski definition) is 1. The average Bonchev–Trinajstić information content (AvgIpc) is 3.39. The highest BCUT2D eigenvalue weighted by Crippen LogP contribution is 2.28. The van der Waals surface area contributed by atoms with Crippen LogP contribution in [0.15, 0.2) is 95.2 Å². The zero-order valence-electron chi connectivity index (χ0n) is 19.7. The van der Waals surface area contributed by atoms with Crippen molar-refractivity contribution in [2.24, 2.45) is 5.92 Å². The van der Waals surface area contributed by atoms with Gasteiger partial charge in [0.1, 0.15) is 0 Å². The van der Waals surface area contributed by atoms with Crippen molar-refractivity contribution in [1.29, 1.82) is 0 Å². The van der Waals surface area contributed by atoms with Gasteiger partial charge in [-0.2, -0.15) is 4.31 Å². The van der Waals surface area contributed by atoms with Crippen LogP contribution in [0.1, 0.15) is 24.0 Å². The third-order valence-corrected chi connectivity index (χ3v) is 9.01. The van der Waals surface area contributed by atoms with E-state index >= 15 is 0 Å². The summed E-state index contributed by atoms with van der Waals surface area (Å²) < 4.78 is 27.4. The molecule has 1 aromatic heterocycles. The molecule has 1 unspecified atom stereocenters. The van der Waals surface area contributed by atoms with E-state index in [1.54, 1.807) is 30.3 Å². The van der Waals surface area contributed by atoms with Crippen molar-refractivity contribution in [2.75, 3.05) is 18.4 Å². The minimum absolute atomic E-state index is 0.171. The fraction of sp³-hybridized carbons (Fsp3) is 0.214. The van der Waals surface area contributed by atoms with Crippen molar-refractivity contribution in [3.8, 4) is 11.3 Å². The number of amides is 1. The number of anilines is 1. The third kappa shape index (κ3) is 5.56.